The molecule has 0 aliphatic rings. The zero-order valence-electron chi connectivity index (χ0n) is 9.81. The summed E-state index contributed by atoms with van der Waals surface area (Å²) in [7, 11) is 0. The molecule has 1 heterocycles. The van der Waals surface area contributed by atoms with E-state index in [1.54, 1.807) is 0 Å². The molecule has 3 nitrogen and oxygen atoms in total. The molecule has 1 aromatic carbocycles. The van der Waals surface area contributed by atoms with Gasteiger partial charge < -0.3 is 5.73 Å². The number of halogens is 1. The average Bonchev–Trinajstić information content (AvgIpc) is 2.31. The molecule has 4 heteroatoms. The third-order valence-corrected chi connectivity index (χ3v) is 2.84. The Morgan fingerprint density at radius 3 is 2.35 bits per heavy atom. The number of hydrogen-bond acceptors (Lipinski definition) is 3. The summed E-state index contributed by atoms with van der Waals surface area (Å²) < 4.78 is 0. The van der Waals surface area contributed by atoms with Gasteiger partial charge in [0.2, 0.25) is 0 Å². The van der Waals surface area contributed by atoms with Crippen LogP contribution in [0.4, 0.5) is 5.82 Å². The first-order chi connectivity index (χ1) is 8.08. The fourth-order valence-electron chi connectivity index (χ4n) is 1.56. The first kappa shape index (κ1) is 11.9. The smallest absolute Gasteiger partial charge is 0.153 e. The van der Waals surface area contributed by atoms with Crippen molar-refractivity contribution >= 4 is 17.4 Å². The van der Waals surface area contributed by atoms with E-state index in [0.717, 1.165) is 16.8 Å². The van der Waals surface area contributed by atoms with Crippen LogP contribution in [0.15, 0.2) is 30.3 Å². The molecule has 0 aliphatic heterocycles. The maximum Gasteiger partial charge on any atom is 0.153 e. The van der Waals surface area contributed by atoms with Gasteiger partial charge in [-0.25, -0.2) is 0 Å². The molecule has 2 N–H and O–H groups in total. The van der Waals surface area contributed by atoms with Gasteiger partial charge >= 0.3 is 0 Å². The predicted octanol–water partition coefficient (Wildman–Crippen LogP) is 3.50. The van der Waals surface area contributed by atoms with Crippen molar-refractivity contribution in [2.75, 3.05) is 5.73 Å². The maximum absolute atomic E-state index is 5.86. The molecular formula is C13H14ClN3. The van der Waals surface area contributed by atoms with E-state index in [1.807, 2.05) is 30.3 Å². The van der Waals surface area contributed by atoms with Crippen LogP contribution in [0.2, 0.25) is 5.02 Å². The zero-order valence-corrected chi connectivity index (χ0v) is 10.6. The highest BCUT2D eigenvalue weighted by atomic mass is 35.5. The normalized spacial score (nSPS) is 10.8. The topological polar surface area (TPSA) is 51.8 Å². The number of anilines is 1. The Balaban J connectivity index is 2.50. The summed E-state index contributed by atoms with van der Waals surface area (Å²) >= 11 is 5.86. The van der Waals surface area contributed by atoms with Crippen molar-refractivity contribution in [3.05, 3.63) is 41.0 Å². The molecule has 0 saturated heterocycles. The van der Waals surface area contributed by atoms with Crippen LogP contribution in [0.5, 0.6) is 0 Å². The highest BCUT2D eigenvalue weighted by molar-refractivity contribution is 6.30. The summed E-state index contributed by atoms with van der Waals surface area (Å²) in [6, 6.07) is 9.52. The van der Waals surface area contributed by atoms with Crippen molar-refractivity contribution < 1.29 is 0 Å². The molecule has 0 unspecified atom stereocenters. The van der Waals surface area contributed by atoms with Gasteiger partial charge in [-0.2, -0.15) is 5.10 Å². The Kier molecular flexibility index (Phi) is 3.29. The molecule has 0 radical (unpaired) electrons. The quantitative estimate of drug-likeness (QED) is 0.884. The minimum Gasteiger partial charge on any atom is -0.382 e. The van der Waals surface area contributed by atoms with Crippen molar-refractivity contribution in [2.24, 2.45) is 0 Å². The Hall–Kier alpha value is -1.61. The van der Waals surface area contributed by atoms with E-state index >= 15 is 0 Å². The molecule has 2 rings (SSSR count). The van der Waals surface area contributed by atoms with Gasteiger partial charge in [0.15, 0.2) is 5.82 Å². The van der Waals surface area contributed by atoms with Crippen LogP contribution in [0, 0.1) is 0 Å². The number of nitrogens with two attached hydrogens (primary N) is 1. The molecule has 17 heavy (non-hydrogen) atoms. The number of benzene rings is 1. The molecule has 0 aliphatic carbocycles. The van der Waals surface area contributed by atoms with Crippen molar-refractivity contribution in [2.45, 2.75) is 19.8 Å². The molecule has 2 aromatic rings. The second-order valence-electron chi connectivity index (χ2n) is 4.23. The molecule has 88 valence electrons. The Morgan fingerprint density at radius 2 is 1.76 bits per heavy atom. The lowest BCUT2D eigenvalue weighted by Gasteiger charge is -2.09. The Bertz CT molecular complexity index is 521. The van der Waals surface area contributed by atoms with E-state index in [1.165, 1.54) is 0 Å². The van der Waals surface area contributed by atoms with Crippen LogP contribution in [0.1, 0.15) is 25.5 Å². The van der Waals surface area contributed by atoms with E-state index in [2.05, 4.69) is 24.0 Å². The molecule has 1 aromatic heterocycles. The van der Waals surface area contributed by atoms with Gasteiger partial charge in [0.1, 0.15) is 0 Å². The first-order valence-electron chi connectivity index (χ1n) is 5.47. The lowest BCUT2D eigenvalue weighted by atomic mass is 10.0. The molecular weight excluding hydrogens is 234 g/mol. The highest BCUT2D eigenvalue weighted by Crippen LogP contribution is 2.27. The zero-order chi connectivity index (χ0) is 12.4. The molecule has 0 spiro atoms. The van der Waals surface area contributed by atoms with Gasteiger partial charge in [0.25, 0.3) is 0 Å². The third kappa shape index (κ3) is 2.56. The fourth-order valence-corrected chi connectivity index (χ4v) is 1.68. The van der Waals surface area contributed by atoms with E-state index in [0.29, 0.717) is 16.8 Å². The lowest BCUT2D eigenvalue weighted by molar-refractivity contribution is 0.789. The highest BCUT2D eigenvalue weighted by Gasteiger charge is 2.09. The van der Waals surface area contributed by atoms with Gasteiger partial charge in [-0.15, -0.1) is 5.10 Å². The van der Waals surface area contributed by atoms with Gasteiger partial charge in [-0.3, -0.25) is 0 Å². The summed E-state index contributed by atoms with van der Waals surface area (Å²) in [4.78, 5) is 0. The van der Waals surface area contributed by atoms with Crippen LogP contribution >= 0.6 is 11.6 Å². The summed E-state index contributed by atoms with van der Waals surface area (Å²) in [5.74, 6) is 0.769. The van der Waals surface area contributed by atoms with Gasteiger partial charge in [-0.05, 0) is 29.7 Å². The monoisotopic (exact) mass is 247 g/mol. The number of aromatic nitrogens is 2. The van der Waals surface area contributed by atoms with Crippen LogP contribution in [-0.2, 0) is 0 Å². The van der Waals surface area contributed by atoms with Crippen LogP contribution in [-0.4, -0.2) is 10.2 Å². The molecule has 0 fully saturated rings. The number of hydrogen-bond donors (Lipinski definition) is 1. The van der Waals surface area contributed by atoms with Crippen molar-refractivity contribution in [1.82, 2.24) is 10.2 Å². The minimum absolute atomic E-state index is 0.328. The summed E-state index contributed by atoms with van der Waals surface area (Å²) in [6.45, 7) is 4.15. The van der Waals surface area contributed by atoms with Crippen molar-refractivity contribution in [3.8, 4) is 11.1 Å². The van der Waals surface area contributed by atoms with Gasteiger partial charge in [0, 0.05) is 10.6 Å². The largest absolute Gasteiger partial charge is 0.382 e. The second kappa shape index (κ2) is 4.72. The van der Waals surface area contributed by atoms with E-state index < -0.39 is 0 Å². The molecule has 0 bridgehead atoms. The number of rotatable bonds is 2. The second-order valence-corrected chi connectivity index (χ2v) is 4.67. The summed E-state index contributed by atoms with van der Waals surface area (Å²) in [5, 5.41) is 8.78. The van der Waals surface area contributed by atoms with Crippen molar-refractivity contribution in [3.63, 3.8) is 0 Å². The minimum atomic E-state index is 0.328. The number of nitrogens with zero attached hydrogens (tertiary/aromatic N) is 2. The van der Waals surface area contributed by atoms with Crippen LogP contribution in [0.25, 0.3) is 11.1 Å². The Morgan fingerprint density at radius 1 is 1.12 bits per heavy atom. The summed E-state index contributed by atoms with van der Waals surface area (Å²) in [6.07, 6.45) is 0. The SMILES string of the molecule is CC(C)c1cc(-c2ccc(Cl)cc2)c(N)nn1. The number of nitrogen functional groups attached to an aromatic ring is 1. The first-order valence-corrected chi connectivity index (χ1v) is 5.84. The van der Waals surface area contributed by atoms with Crippen LogP contribution in [0.3, 0.4) is 0 Å². The third-order valence-electron chi connectivity index (χ3n) is 2.59. The average molecular weight is 248 g/mol. The van der Waals surface area contributed by atoms with Gasteiger partial charge in [-0.1, -0.05) is 37.6 Å². The lowest BCUT2D eigenvalue weighted by Crippen LogP contribution is -2.01. The van der Waals surface area contributed by atoms with Gasteiger partial charge in [0.05, 0.1) is 5.69 Å². The Labute approximate surface area is 106 Å². The molecule has 0 atom stereocenters. The van der Waals surface area contributed by atoms with Crippen molar-refractivity contribution in [1.29, 1.82) is 0 Å². The summed E-state index contributed by atoms with van der Waals surface area (Å²) in [5.41, 5.74) is 8.69. The molecule has 0 saturated carbocycles. The van der Waals surface area contributed by atoms with Crippen LogP contribution < -0.4 is 5.73 Å². The fraction of sp³-hybridized carbons (Fsp3) is 0.231. The maximum atomic E-state index is 5.86. The standard InChI is InChI=1S/C13H14ClN3/c1-8(2)12-7-11(13(15)17-16-12)9-3-5-10(14)6-4-9/h3-8H,1-2H3,(H2,15,17). The van der Waals surface area contributed by atoms with E-state index in [-0.39, 0.29) is 0 Å². The molecule has 0 amide bonds. The van der Waals surface area contributed by atoms with E-state index in [4.69, 9.17) is 17.3 Å². The van der Waals surface area contributed by atoms with E-state index in [9.17, 15) is 0 Å². The predicted molar refractivity (Wildman–Crippen MR) is 71.0 cm³/mol.